The highest BCUT2D eigenvalue weighted by Crippen LogP contribution is 2.40. The molecule has 2 amide bonds. The van der Waals surface area contributed by atoms with Crippen LogP contribution >= 0.6 is 11.8 Å². The van der Waals surface area contributed by atoms with E-state index in [1.54, 1.807) is 18.9 Å². The van der Waals surface area contributed by atoms with Crippen molar-refractivity contribution in [2.75, 3.05) is 30.0 Å². The van der Waals surface area contributed by atoms with Gasteiger partial charge in [0, 0.05) is 23.5 Å². The van der Waals surface area contributed by atoms with Gasteiger partial charge in [0.15, 0.2) is 5.17 Å². The Morgan fingerprint density at radius 3 is 2.60 bits per heavy atom. The third kappa shape index (κ3) is 6.71. The number of allylic oxidation sites excluding steroid dienone is 1. The predicted octanol–water partition coefficient (Wildman–Crippen LogP) is 7.44. The summed E-state index contributed by atoms with van der Waals surface area (Å²) >= 11 is 1.71. The van der Waals surface area contributed by atoms with Crippen molar-refractivity contribution in [3.8, 4) is 5.75 Å². The second-order valence-corrected chi connectivity index (χ2v) is 11.6. The summed E-state index contributed by atoms with van der Waals surface area (Å²) in [7, 11) is 1.59. The van der Waals surface area contributed by atoms with E-state index in [1.165, 1.54) is 18.4 Å². The first-order valence-electron chi connectivity index (χ1n) is 14.6. The van der Waals surface area contributed by atoms with Gasteiger partial charge in [0.1, 0.15) is 5.75 Å². The van der Waals surface area contributed by atoms with E-state index < -0.39 is 0 Å². The molecule has 2 aliphatic rings. The van der Waals surface area contributed by atoms with Crippen molar-refractivity contribution in [3.05, 3.63) is 101 Å². The number of ether oxygens (including phenoxy) is 1. The van der Waals surface area contributed by atoms with Gasteiger partial charge in [-0.3, -0.25) is 9.59 Å². The average Bonchev–Trinajstić information content (AvgIpc) is 3.01. The van der Waals surface area contributed by atoms with Crippen LogP contribution in [0.15, 0.2) is 89.1 Å². The molecule has 3 aromatic rings. The van der Waals surface area contributed by atoms with Gasteiger partial charge in [-0.2, -0.15) is 0 Å². The Morgan fingerprint density at radius 1 is 1.00 bits per heavy atom. The quantitative estimate of drug-likeness (QED) is 0.243. The number of rotatable bonds is 10. The number of carbonyl (C=O) groups is 2. The molecule has 0 bridgehead atoms. The zero-order valence-electron chi connectivity index (χ0n) is 24.5. The van der Waals surface area contributed by atoms with Gasteiger partial charge in [0.05, 0.1) is 30.1 Å². The van der Waals surface area contributed by atoms with E-state index in [0.29, 0.717) is 34.0 Å². The van der Waals surface area contributed by atoms with Crippen LogP contribution in [-0.4, -0.2) is 41.3 Å². The number of benzene rings is 3. The van der Waals surface area contributed by atoms with Crippen LogP contribution in [0.5, 0.6) is 5.75 Å². The van der Waals surface area contributed by atoms with Crippen molar-refractivity contribution >= 4 is 40.1 Å². The van der Waals surface area contributed by atoms with Gasteiger partial charge >= 0.3 is 0 Å². The molecular weight excluding hydrogens is 544 g/mol. The number of carbonyl (C=O) groups excluding carboxylic acids is 2. The number of para-hydroxylation sites is 2. The minimum atomic E-state index is -0.348. The fraction of sp³-hybridized carbons (Fsp3) is 0.324. The number of methoxy groups -OCH3 is 1. The maximum atomic E-state index is 13.9. The lowest BCUT2D eigenvalue weighted by Crippen LogP contribution is -2.43. The largest absolute Gasteiger partial charge is 0.495 e. The van der Waals surface area contributed by atoms with Crippen molar-refractivity contribution < 1.29 is 14.3 Å². The topological polar surface area (TPSA) is 83.0 Å². The van der Waals surface area contributed by atoms with Gasteiger partial charge in [0.2, 0.25) is 0 Å². The van der Waals surface area contributed by atoms with E-state index in [9.17, 15) is 9.59 Å². The number of amides is 2. The highest BCUT2D eigenvalue weighted by molar-refractivity contribution is 8.13. The SMILES string of the molecule is CCCCCc1ccc(C(=O)Nc2cccc(C3C(C(=O)Nc4ccccc4OC)=C(C)N=C4SCCCN43)c2)cc1. The smallest absolute Gasteiger partial charge is 0.255 e. The van der Waals surface area contributed by atoms with Crippen LogP contribution in [0.4, 0.5) is 11.4 Å². The fourth-order valence-electron chi connectivity index (χ4n) is 5.43. The van der Waals surface area contributed by atoms with Crippen molar-refractivity contribution in [1.29, 1.82) is 0 Å². The molecular formula is C34H38N4O3S. The summed E-state index contributed by atoms with van der Waals surface area (Å²) in [6.07, 6.45) is 5.57. The lowest BCUT2D eigenvalue weighted by molar-refractivity contribution is -0.113. The van der Waals surface area contributed by atoms with Gasteiger partial charge < -0.3 is 20.3 Å². The van der Waals surface area contributed by atoms with Crippen LogP contribution < -0.4 is 15.4 Å². The third-order valence-corrected chi connectivity index (χ3v) is 8.68. The van der Waals surface area contributed by atoms with Crippen LogP contribution in [0.25, 0.3) is 0 Å². The van der Waals surface area contributed by atoms with Crippen LogP contribution in [0.2, 0.25) is 0 Å². The Balaban J connectivity index is 1.40. The monoisotopic (exact) mass is 582 g/mol. The number of nitrogens with zero attached hydrogens (tertiary/aromatic N) is 2. The van der Waals surface area contributed by atoms with E-state index in [0.717, 1.165) is 42.3 Å². The molecule has 0 aliphatic carbocycles. The van der Waals surface area contributed by atoms with Gasteiger partial charge in [-0.15, -0.1) is 0 Å². The summed E-state index contributed by atoms with van der Waals surface area (Å²) in [5, 5.41) is 7.04. The molecule has 8 heteroatoms. The molecule has 7 nitrogen and oxygen atoms in total. The molecule has 42 heavy (non-hydrogen) atoms. The lowest BCUT2D eigenvalue weighted by Gasteiger charge is -2.41. The maximum Gasteiger partial charge on any atom is 0.255 e. The number of thioether (sulfide) groups is 1. The molecule has 1 atom stereocenters. The minimum Gasteiger partial charge on any atom is -0.495 e. The highest BCUT2D eigenvalue weighted by Gasteiger charge is 2.37. The Hall–Kier alpha value is -4.04. The summed E-state index contributed by atoms with van der Waals surface area (Å²) < 4.78 is 5.46. The summed E-state index contributed by atoms with van der Waals surface area (Å²) in [5.41, 5.74) is 5.32. The number of nitrogens with one attached hydrogen (secondary N) is 2. The van der Waals surface area contributed by atoms with Crippen LogP contribution in [0.1, 0.15) is 67.1 Å². The zero-order valence-corrected chi connectivity index (χ0v) is 25.3. The second kappa shape index (κ2) is 13.7. The predicted molar refractivity (Wildman–Crippen MR) is 172 cm³/mol. The number of fused-ring (bicyclic) bond motifs is 1. The molecule has 1 unspecified atom stereocenters. The van der Waals surface area contributed by atoms with Crippen molar-refractivity contribution in [2.45, 2.75) is 52.0 Å². The molecule has 2 aliphatic heterocycles. The van der Waals surface area contributed by atoms with E-state index in [1.807, 2.05) is 79.7 Å². The Labute approximate surface area is 252 Å². The fourth-order valence-corrected chi connectivity index (χ4v) is 6.45. The van der Waals surface area contributed by atoms with Crippen LogP contribution in [0.3, 0.4) is 0 Å². The van der Waals surface area contributed by atoms with Crippen molar-refractivity contribution in [2.24, 2.45) is 4.99 Å². The maximum absolute atomic E-state index is 13.9. The van der Waals surface area contributed by atoms with E-state index in [2.05, 4.69) is 22.5 Å². The van der Waals surface area contributed by atoms with E-state index >= 15 is 0 Å². The number of aliphatic imine (C=N–C) groups is 1. The number of hydrogen-bond donors (Lipinski definition) is 2. The summed E-state index contributed by atoms with van der Waals surface area (Å²) in [4.78, 5) is 34.1. The number of anilines is 2. The number of unbranched alkanes of at least 4 members (excludes halogenated alkanes) is 2. The van der Waals surface area contributed by atoms with Gasteiger partial charge in [-0.25, -0.2) is 4.99 Å². The van der Waals surface area contributed by atoms with Gasteiger partial charge in [0.25, 0.3) is 11.8 Å². The Kier molecular flexibility index (Phi) is 9.64. The Morgan fingerprint density at radius 2 is 1.81 bits per heavy atom. The Bertz CT molecular complexity index is 1500. The first kappa shape index (κ1) is 29.5. The standard InChI is InChI=1S/C34H38N4O3S/c1-4-5-6-11-24-16-18-25(19-17-24)32(39)36-27-13-9-12-26(22-27)31-30(23(2)35-34-38(31)20-10-21-42-34)33(40)37-28-14-7-8-15-29(28)41-3/h7-9,12-19,22,31H,4-6,10-11,20-21H2,1-3H3,(H,36,39)(H,37,40). The molecule has 0 radical (unpaired) electrons. The molecule has 0 saturated carbocycles. The zero-order chi connectivity index (χ0) is 29.5. The van der Waals surface area contributed by atoms with Crippen LogP contribution in [-0.2, 0) is 11.2 Å². The molecule has 5 rings (SSSR count). The average molecular weight is 583 g/mol. The third-order valence-electron chi connectivity index (χ3n) is 7.60. The summed E-state index contributed by atoms with van der Waals surface area (Å²) in [5.74, 6) is 1.19. The molecule has 3 aromatic carbocycles. The summed E-state index contributed by atoms with van der Waals surface area (Å²) in [6, 6.07) is 22.7. The van der Waals surface area contributed by atoms with Crippen molar-refractivity contribution in [3.63, 3.8) is 0 Å². The second-order valence-electron chi connectivity index (χ2n) is 10.6. The first-order valence-corrected chi connectivity index (χ1v) is 15.6. The molecule has 218 valence electrons. The van der Waals surface area contributed by atoms with E-state index in [4.69, 9.17) is 9.73 Å². The molecule has 2 heterocycles. The van der Waals surface area contributed by atoms with Gasteiger partial charge in [-0.1, -0.05) is 67.9 Å². The minimum absolute atomic E-state index is 0.160. The number of aryl methyl sites for hydroxylation is 1. The normalized spacial score (nSPS) is 16.4. The molecule has 1 fully saturated rings. The lowest BCUT2D eigenvalue weighted by atomic mass is 9.93. The van der Waals surface area contributed by atoms with E-state index in [-0.39, 0.29) is 17.9 Å². The molecule has 2 N–H and O–H groups in total. The van der Waals surface area contributed by atoms with Crippen molar-refractivity contribution in [1.82, 2.24) is 4.90 Å². The molecule has 1 saturated heterocycles. The first-order chi connectivity index (χ1) is 20.5. The number of hydrogen-bond acceptors (Lipinski definition) is 6. The summed E-state index contributed by atoms with van der Waals surface area (Å²) in [6.45, 7) is 4.88. The molecule has 0 spiro atoms. The van der Waals surface area contributed by atoms with Crippen LogP contribution in [0, 0.1) is 0 Å². The highest BCUT2D eigenvalue weighted by atomic mass is 32.2. The number of amidine groups is 1. The molecule has 0 aromatic heterocycles. The van der Waals surface area contributed by atoms with Gasteiger partial charge in [-0.05, 0) is 73.7 Å².